The van der Waals surface area contributed by atoms with Gasteiger partial charge in [0.15, 0.2) is 0 Å². The van der Waals surface area contributed by atoms with Crippen LogP contribution >= 0.6 is 0 Å². The van der Waals surface area contributed by atoms with Gasteiger partial charge in [-0.1, -0.05) is 30.3 Å². The van der Waals surface area contributed by atoms with Crippen LogP contribution in [0.15, 0.2) is 85.7 Å². The third-order valence-corrected chi connectivity index (χ3v) is 3.39. The fourth-order valence-corrected chi connectivity index (χ4v) is 2.32. The molecule has 30 heavy (non-hydrogen) atoms. The van der Waals surface area contributed by atoms with Crippen LogP contribution < -0.4 is 0 Å². The Balaban J connectivity index is 0.000000518. The molecule has 8 nitrogen and oxygen atoms in total. The Morgan fingerprint density at radius 2 is 1.13 bits per heavy atom. The van der Waals surface area contributed by atoms with Crippen LogP contribution in [0.3, 0.4) is 0 Å². The van der Waals surface area contributed by atoms with Gasteiger partial charge in [-0.25, -0.2) is 15.3 Å². The van der Waals surface area contributed by atoms with Crippen LogP contribution in [-0.2, 0) is 30.4 Å². The average molecular weight is 481 g/mol. The number of hydrogen-bond donors (Lipinski definition) is 0. The molecule has 0 fully saturated rings. The van der Waals surface area contributed by atoms with E-state index < -0.39 is 0 Å². The summed E-state index contributed by atoms with van der Waals surface area (Å²) < 4.78 is 20.4. The van der Waals surface area contributed by atoms with E-state index >= 15 is 0 Å². The van der Waals surface area contributed by atoms with Crippen molar-refractivity contribution in [3.63, 3.8) is 0 Å². The van der Waals surface area contributed by atoms with E-state index in [1.165, 1.54) is 5.56 Å². The molecule has 148 valence electrons. The predicted octanol–water partition coefficient (Wildman–Crippen LogP) is 2.41. The number of aromatic nitrogens is 6. The van der Waals surface area contributed by atoms with Gasteiger partial charge < -0.3 is 13.8 Å². The van der Waals surface area contributed by atoms with E-state index in [9.17, 15) is 0 Å². The zero-order valence-electron chi connectivity index (χ0n) is 15.9. The molecule has 0 atom stereocenters. The first-order valence-corrected chi connectivity index (χ1v) is 8.27. The van der Waals surface area contributed by atoms with Crippen molar-refractivity contribution >= 4 is 7.12 Å². The van der Waals surface area contributed by atoms with E-state index in [4.69, 9.17) is 9.30 Å². The minimum atomic E-state index is -0.194. The molecule has 3 heterocycles. The van der Waals surface area contributed by atoms with Crippen LogP contribution in [0.25, 0.3) is 0 Å². The summed E-state index contributed by atoms with van der Waals surface area (Å²) in [6.45, 7) is 12.6. The molecule has 0 saturated carbocycles. The first-order valence-electron chi connectivity index (χ1n) is 8.27. The topological polar surface area (TPSA) is 93.3 Å². The molecule has 0 spiro atoms. The molecular weight excluding hydrogens is 463 g/mol. The van der Waals surface area contributed by atoms with Crippen LogP contribution in [0.4, 0.5) is 0 Å². The fraction of sp³-hybridized carbons (Fsp3) is 0. The van der Waals surface area contributed by atoms with Gasteiger partial charge in [0, 0.05) is 18.6 Å². The average Bonchev–Trinajstić information content (AvgIpc) is 3.58. The SMILES string of the molecule is [C-]#[O+].[C-]#[O+].[CH2][CH][CH]c1ccccc1.[Mo+2].c1cnn([B-](n2cccn2)n2cccn2)c1. The second-order valence-electron chi connectivity index (χ2n) is 5.12. The summed E-state index contributed by atoms with van der Waals surface area (Å²) in [5.41, 5.74) is 1.20. The second-order valence-corrected chi connectivity index (χ2v) is 5.12. The van der Waals surface area contributed by atoms with Gasteiger partial charge in [-0.3, -0.25) is 0 Å². The molecule has 4 rings (SSSR count). The molecule has 0 aliphatic rings. The molecule has 0 N–H and O–H groups in total. The third-order valence-electron chi connectivity index (χ3n) is 3.39. The smallest absolute Gasteiger partial charge is 0.425 e. The van der Waals surface area contributed by atoms with E-state index in [1.807, 2.05) is 73.5 Å². The fourth-order valence-electron chi connectivity index (χ4n) is 2.32. The van der Waals surface area contributed by atoms with Crippen LogP contribution in [0.1, 0.15) is 5.56 Å². The van der Waals surface area contributed by atoms with Crippen molar-refractivity contribution in [3.05, 3.63) is 124 Å². The van der Waals surface area contributed by atoms with E-state index in [1.54, 1.807) is 38.8 Å². The summed E-state index contributed by atoms with van der Waals surface area (Å²) in [6, 6.07) is 15.7. The summed E-state index contributed by atoms with van der Waals surface area (Å²) in [5.74, 6) is 0. The molecule has 3 aromatic heterocycles. The van der Waals surface area contributed by atoms with Gasteiger partial charge in [0.2, 0.25) is 0 Å². The van der Waals surface area contributed by atoms with Crippen molar-refractivity contribution in [3.8, 4) is 0 Å². The Kier molecular flexibility index (Phi) is 15.3. The molecule has 0 bridgehead atoms. The maximum atomic E-state index is 7.50. The Labute approximate surface area is 190 Å². The standard InChI is InChI=1S/C9H9BN6.C9H9.2CO.Mo/c1-4-11-14(7-1)10(15-8-2-5-12-15)16-9-3-6-13-16;1-2-6-9-7-4-3-5-8-9;2*1-2;/h1-9H;2-8H,1H2;;;/q-1;;;;+2. The zero-order valence-corrected chi connectivity index (χ0v) is 17.9. The Morgan fingerprint density at radius 3 is 1.43 bits per heavy atom. The second kappa shape index (κ2) is 17.0. The van der Waals surface area contributed by atoms with Gasteiger partial charge in [-0.05, 0) is 62.1 Å². The molecule has 4 radical (unpaired) electrons. The monoisotopic (exact) mass is 483 g/mol. The summed E-state index contributed by atoms with van der Waals surface area (Å²) >= 11 is 0. The molecular formula is C20H18BMoN6O2+. The van der Waals surface area contributed by atoms with Crippen molar-refractivity contribution in [1.82, 2.24) is 29.1 Å². The number of benzene rings is 1. The van der Waals surface area contributed by atoms with Crippen LogP contribution in [0.5, 0.6) is 0 Å². The molecule has 0 saturated heterocycles. The first kappa shape index (κ1) is 27.1. The summed E-state index contributed by atoms with van der Waals surface area (Å²) in [4.78, 5) is 0. The van der Waals surface area contributed by atoms with Gasteiger partial charge >= 0.3 is 43.7 Å². The molecule has 4 aromatic rings. The van der Waals surface area contributed by atoms with Crippen LogP contribution in [0.2, 0.25) is 0 Å². The van der Waals surface area contributed by atoms with Crippen molar-refractivity contribution in [2.75, 3.05) is 0 Å². The van der Waals surface area contributed by atoms with Crippen LogP contribution in [0, 0.1) is 33.1 Å². The van der Waals surface area contributed by atoms with Crippen molar-refractivity contribution in [2.24, 2.45) is 0 Å². The minimum Gasteiger partial charge on any atom is -0.425 e. The van der Waals surface area contributed by atoms with Gasteiger partial charge in [0.05, 0.1) is 0 Å². The zero-order chi connectivity index (χ0) is 21.3. The van der Waals surface area contributed by atoms with Crippen molar-refractivity contribution in [1.29, 1.82) is 0 Å². The molecule has 0 aliphatic heterocycles. The predicted molar refractivity (Wildman–Crippen MR) is 106 cm³/mol. The van der Waals surface area contributed by atoms with Gasteiger partial charge in [0.25, 0.3) is 7.12 Å². The molecule has 1 aromatic carbocycles. The number of hydrogen-bond acceptors (Lipinski definition) is 3. The Morgan fingerprint density at radius 1 is 0.733 bits per heavy atom. The van der Waals surface area contributed by atoms with Gasteiger partial charge in [-0.2, -0.15) is 0 Å². The summed E-state index contributed by atoms with van der Waals surface area (Å²) in [5, 5.41) is 12.7. The van der Waals surface area contributed by atoms with E-state index in [0.29, 0.717) is 0 Å². The maximum Gasteiger partial charge on any atom is 2.00 e. The number of nitrogens with zero attached hydrogens (tertiary/aromatic N) is 6. The van der Waals surface area contributed by atoms with E-state index in [2.05, 4.69) is 35.5 Å². The van der Waals surface area contributed by atoms with E-state index in [-0.39, 0.29) is 28.2 Å². The third kappa shape index (κ3) is 8.62. The first-order chi connectivity index (χ1) is 14.4. The Bertz CT molecular complexity index is 823. The molecule has 0 amide bonds. The molecule has 0 unspecified atom stereocenters. The quantitative estimate of drug-likeness (QED) is 0.249. The molecule has 0 aliphatic carbocycles. The van der Waals surface area contributed by atoms with Crippen molar-refractivity contribution < 1.29 is 30.4 Å². The number of rotatable bonds is 5. The van der Waals surface area contributed by atoms with Crippen molar-refractivity contribution in [2.45, 2.75) is 0 Å². The summed E-state index contributed by atoms with van der Waals surface area (Å²) in [7, 11) is -0.194. The largest absolute Gasteiger partial charge is 2.00 e. The minimum absolute atomic E-state index is 0. The Hall–Kier alpha value is -2.92. The van der Waals surface area contributed by atoms with E-state index in [0.717, 1.165) is 0 Å². The van der Waals surface area contributed by atoms with Crippen LogP contribution in [-0.4, -0.2) is 36.2 Å². The maximum absolute atomic E-state index is 7.50. The summed E-state index contributed by atoms with van der Waals surface area (Å²) in [6.07, 6.45) is 14.6. The van der Waals surface area contributed by atoms with Gasteiger partial charge in [0.1, 0.15) is 0 Å². The molecule has 10 heteroatoms. The normalized spacial score (nSPS) is 8.87. The van der Waals surface area contributed by atoms with Gasteiger partial charge in [-0.15, -0.1) is 0 Å².